The summed E-state index contributed by atoms with van der Waals surface area (Å²) in [5.74, 6) is 0.737. The van der Waals surface area contributed by atoms with E-state index in [-0.39, 0.29) is 11.9 Å². The van der Waals surface area contributed by atoms with E-state index in [1.807, 2.05) is 66.9 Å². The van der Waals surface area contributed by atoms with Gasteiger partial charge in [0.2, 0.25) is 5.91 Å². The highest BCUT2D eigenvalue weighted by molar-refractivity contribution is 5.84. The van der Waals surface area contributed by atoms with Crippen molar-refractivity contribution in [1.82, 2.24) is 9.88 Å². The number of fused-ring (bicyclic) bond motifs is 2. The Bertz CT molecular complexity index is 1030. The van der Waals surface area contributed by atoms with Gasteiger partial charge in [0, 0.05) is 16.6 Å². The highest BCUT2D eigenvalue weighted by Crippen LogP contribution is 2.24. The molecule has 4 heteroatoms. The lowest BCUT2D eigenvalue weighted by Crippen LogP contribution is -2.30. The van der Waals surface area contributed by atoms with Gasteiger partial charge in [-0.3, -0.25) is 4.79 Å². The Labute approximate surface area is 146 Å². The van der Waals surface area contributed by atoms with Gasteiger partial charge >= 0.3 is 0 Å². The SMILES string of the molecule is Cc1cc2ccccc2n1CC(=O)N[C@H](C)c1cc2ccccc2o1. The van der Waals surface area contributed by atoms with Crippen molar-refractivity contribution >= 4 is 27.8 Å². The number of benzene rings is 2. The minimum atomic E-state index is -0.179. The number of hydrogen-bond acceptors (Lipinski definition) is 2. The third-order valence-electron chi connectivity index (χ3n) is 4.57. The van der Waals surface area contributed by atoms with Crippen molar-refractivity contribution in [3.8, 4) is 0 Å². The monoisotopic (exact) mass is 332 g/mol. The van der Waals surface area contributed by atoms with Crippen LogP contribution < -0.4 is 5.32 Å². The van der Waals surface area contributed by atoms with Crippen LogP contribution in [0.2, 0.25) is 0 Å². The van der Waals surface area contributed by atoms with Gasteiger partial charge in [0.25, 0.3) is 0 Å². The quantitative estimate of drug-likeness (QED) is 0.595. The highest BCUT2D eigenvalue weighted by atomic mass is 16.3. The van der Waals surface area contributed by atoms with Crippen LogP contribution in [0.25, 0.3) is 21.9 Å². The molecule has 2 heterocycles. The molecular weight excluding hydrogens is 312 g/mol. The first-order chi connectivity index (χ1) is 12.1. The second-order valence-electron chi connectivity index (χ2n) is 6.41. The molecule has 0 saturated carbocycles. The third-order valence-corrected chi connectivity index (χ3v) is 4.57. The second-order valence-corrected chi connectivity index (χ2v) is 6.41. The lowest BCUT2D eigenvalue weighted by molar-refractivity contribution is -0.122. The van der Waals surface area contributed by atoms with Gasteiger partial charge in [-0.05, 0) is 43.5 Å². The molecule has 1 atom stereocenters. The first kappa shape index (κ1) is 15.5. The van der Waals surface area contributed by atoms with Crippen molar-refractivity contribution < 1.29 is 9.21 Å². The zero-order valence-corrected chi connectivity index (χ0v) is 14.3. The summed E-state index contributed by atoms with van der Waals surface area (Å²) in [6, 6.07) is 19.9. The molecule has 0 fully saturated rings. The van der Waals surface area contributed by atoms with E-state index in [2.05, 4.69) is 17.4 Å². The Morgan fingerprint density at radius 2 is 1.80 bits per heavy atom. The molecule has 2 aromatic heterocycles. The molecule has 2 aromatic carbocycles. The first-order valence-electron chi connectivity index (χ1n) is 8.44. The van der Waals surface area contributed by atoms with Crippen molar-refractivity contribution in [1.29, 1.82) is 0 Å². The third kappa shape index (κ3) is 2.91. The number of aryl methyl sites for hydroxylation is 1. The molecular formula is C21H20N2O2. The predicted molar refractivity (Wildman–Crippen MR) is 99.4 cm³/mol. The van der Waals surface area contributed by atoms with E-state index >= 15 is 0 Å². The molecule has 0 radical (unpaired) electrons. The number of nitrogens with one attached hydrogen (secondary N) is 1. The summed E-state index contributed by atoms with van der Waals surface area (Å²) in [5, 5.41) is 5.23. The molecule has 4 nitrogen and oxygen atoms in total. The maximum atomic E-state index is 12.5. The Morgan fingerprint density at radius 1 is 1.08 bits per heavy atom. The molecule has 25 heavy (non-hydrogen) atoms. The van der Waals surface area contributed by atoms with E-state index < -0.39 is 0 Å². The summed E-state index contributed by atoms with van der Waals surface area (Å²) >= 11 is 0. The molecule has 0 bridgehead atoms. The van der Waals surface area contributed by atoms with Crippen molar-refractivity contribution in [3.63, 3.8) is 0 Å². The van der Waals surface area contributed by atoms with Crippen molar-refractivity contribution in [3.05, 3.63) is 72.1 Å². The zero-order valence-electron chi connectivity index (χ0n) is 14.3. The van der Waals surface area contributed by atoms with Gasteiger partial charge in [-0.25, -0.2) is 0 Å². The van der Waals surface area contributed by atoms with Gasteiger partial charge in [0.05, 0.1) is 6.04 Å². The number of rotatable bonds is 4. The molecule has 0 aliphatic rings. The highest BCUT2D eigenvalue weighted by Gasteiger charge is 2.15. The lowest BCUT2D eigenvalue weighted by Gasteiger charge is -2.13. The average Bonchev–Trinajstić information content (AvgIpc) is 3.16. The molecule has 0 aliphatic carbocycles. The standard InChI is InChI=1S/C21H20N2O2/c1-14-11-16-7-3-5-9-18(16)23(14)13-21(24)22-15(2)20-12-17-8-4-6-10-19(17)25-20/h3-12,15H,13H2,1-2H3,(H,22,24)/t15-/m1/s1. The van der Waals surface area contributed by atoms with Crippen molar-refractivity contribution in [2.75, 3.05) is 0 Å². The second kappa shape index (κ2) is 6.13. The molecule has 0 aliphatic heterocycles. The van der Waals surface area contributed by atoms with Crippen molar-refractivity contribution in [2.45, 2.75) is 26.4 Å². The summed E-state index contributed by atoms with van der Waals surface area (Å²) < 4.78 is 7.88. The fourth-order valence-corrected chi connectivity index (χ4v) is 3.28. The Balaban J connectivity index is 1.52. The molecule has 0 spiro atoms. The van der Waals surface area contributed by atoms with E-state index in [4.69, 9.17) is 4.42 Å². The Hall–Kier alpha value is -3.01. The van der Waals surface area contributed by atoms with Crippen LogP contribution in [0.1, 0.15) is 24.4 Å². The molecule has 4 rings (SSSR count). The van der Waals surface area contributed by atoms with Crippen LogP contribution in [-0.2, 0) is 11.3 Å². The van der Waals surface area contributed by atoms with Crippen LogP contribution in [0.15, 0.2) is 65.1 Å². The lowest BCUT2D eigenvalue weighted by atomic mass is 10.2. The smallest absolute Gasteiger partial charge is 0.240 e. The largest absolute Gasteiger partial charge is 0.459 e. The van der Waals surface area contributed by atoms with Gasteiger partial charge in [0.15, 0.2) is 0 Å². The van der Waals surface area contributed by atoms with Crippen LogP contribution in [0.5, 0.6) is 0 Å². The summed E-state index contributed by atoms with van der Waals surface area (Å²) in [6.07, 6.45) is 0. The number of nitrogens with zero attached hydrogens (tertiary/aromatic N) is 1. The summed E-state index contributed by atoms with van der Waals surface area (Å²) in [4.78, 5) is 12.5. The molecule has 0 saturated heterocycles. The normalized spacial score (nSPS) is 12.6. The molecule has 126 valence electrons. The van der Waals surface area contributed by atoms with Gasteiger partial charge in [-0.2, -0.15) is 0 Å². The van der Waals surface area contributed by atoms with Gasteiger partial charge in [-0.15, -0.1) is 0 Å². The maximum absolute atomic E-state index is 12.5. The topological polar surface area (TPSA) is 47.2 Å². The maximum Gasteiger partial charge on any atom is 0.240 e. The van der Waals surface area contributed by atoms with Gasteiger partial charge in [0.1, 0.15) is 17.9 Å². The summed E-state index contributed by atoms with van der Waals surface area (Å²) in [6.45, 7) is 4.26. The fourth-order valence-electron chi connectivity index (χ4n) is 3.28. The van der Waals surface area contributed by atoms with Crippen LogP contribution in [0.3, 0.4) is 0 Å². The number of para-hydroxylation sites is 2. The minimum Gasteiger partial charge on any atom is -0.459 e. The van der Waals surface area contributed by atoms with Crippen LogP contribution in [0, 0.1) is 6.92 Å². The first-order valence-corrected chi connectivity index (χ1v) is 8.44. The van der Waals surface area contributed by atoms with E-state index in [9.17, 15) is 4.79 Å². The molecule has 1 amide bonds. The number of carbonyl (C=O) groups excluding carboxylic acids is 1. The Kier molecular flexibility index (Phi) is 3.80. The van der Waals surface area contributed by atoms with Crippen LogP contribution >= 0.6 is 0 Å². The minimum absolute atomic E-state index is 0.0302. The average molecular weight is 332 g/mol. The van der Waals surface area contributed by atoms with Crippen LogP contribution in [0.4, 0.5) is 0 Å². The molecule has 0 unspecified atom stereocenters. The number of furan rings is 1. The van der Waals surface area contributed by atoms with Gasteiger partial charge in [-0.1, -0.05) is 36.4 Å². The number of carbonyl (C=O) groups is 1. The van der Waals surface area contributed by atoms with Crippen LogP contribution in [-0.4, -0.2) is 10.5 Å². The summed E-state index contributed by atoms with van der Waals surface area (Å²) in [5.41, 5.74) is 2.99. The molecule has 1 N–H and O–H groups in total. The van der Waals surface area contributed by atoms with E-state index in [1.54, 1.807) is 0 Å². The van der Waals surface area contributed by atoms with Gasteiger partial charge < -0.3 is 14.3 Å². The number of aromatic nitrogens is 1. The predicted octanol–water partition coefficient (Wildman–Crippen LogP) is 4.57. The summed E-state index contributed by atoms with van der Waals surface area (Å²) in [7, 11) is 0. The van der Waals surface area contributed by atoms with Crippen molar-refractivity contribution in [2.24, 2.45) is 0 Å². The van der Waals surface area contributed by atoms with E-state index in [0.717, 1.165) is 33.3 Å². The fraction of sp³-hybridized carbons (Fsp3) is 0.190. The number of amides is 1. The van der Waals surface area contributed by atoms with E-state index in [0.29, 0.717) is 6.54 Å². The Morgan fingerprint density at radius 3 is 2.60 bits per heavy atom. The number of hydrogen-bond donors (Lipinski definition) is 1. The zero-order chi connectivity index (χ0) is 17.4. The molecule has 4 aromatic rings. The van der Waals surface area contributed by atoms with E-state index in [1.165, 1.54) is 0 Å².